The quantitative estimate of drug-likeness (QED) is 0.439. The Kier molecular flexibility index (Phi) is 3.95. The summed E-state index contributed by atoms with van der Waals surface area (Å²) in [6, 6.07) is 16.2. The summed E-state index contributed by atoms with van der Waals surface area (Å²) >= 11 is 0. The van der Waals surface area contributed by atoms with Gasteiger partial charge in [-0.2, -0.15) is 9.97 Å². The van der Waals surface area contributed by atoms with Gasteiger partial charge in [-0.3, -0.25) is 0 Å². The third kappa shape index (κ3) is 3.00. The number of H-pyrrole nitrogens is 1. The molecule has 0 radical (unpaired) electrons. The number of nitrogens with zero attached hydrogens (tertiary/aromatic N) is 5. The van der Waals surface area contributed by atoms with E-state index in [2.05, 4.69) is 42.0 Å². The first kappa shape index (κ1) is 17.6. The van der Waals surface area contributed by atoms with E-state index in [1.54, 1.807) is 6.92 Å². The van der Waals surface area contributed by atoms with Crippen LogP contribution in [0.25, 0.3) is 44.6 Å². The van der Waals surface area contributed by atoms with Crippen molar-refractivity contribution in [3.63, 3.8) is 0 Å². The molecule has 0 saturated heterocycles. The Bertz CT molecular complexity index is 1520. The molecule has 4 heterocycles. The predicted octanol–water partition coefficient (Wildman–Crippen LogP) is 4.77. The second-order valence-corrected chi connectivity index (χ2v) is 7.40. The third-order valence-electron chi connectivity index (χ3n) is 5.42. The molecule has 4 aromatic heterocycles. The number of hydrogen-bond acceptors (Lipinski definition) is 6. The van der Waals surface area contributed by atoms with Crippen LogP contribution in [0.5, 0.6) is 0 Å². The highest BCUT2D eigenvalue weighted by molar-refractivity contribution is 5.94. The summed E-state index contributed by atoms with van der Waals surface area (Å²) in [4.78, 5) is 12.2. The van der Waals surface area contributed by atoms with Crippen LogP contribution in [-0.2, 0) is 13.0 Å². The summed E-state index contributed by atoms with van der Waals surface area (Å²) in [6.45, 7) is 2.48. The Labute approximate surface area is 176 Å². The van der Waals surface area contributed by atoms with E-state index in [4.69, 9.17) is 9.05 Å². The van der Waals surface area contributed by atoms with Gasteiger partial charge in [0, 0.05) is 65.2 Å². The number of hydrogen-bond donors (Lipinski definition) is 1. The SMILES string of the molecule is Cc1nc(-c2cn(CCc3nc(-c4c[nH]c5ccccc45)no3)c3ccccc23)no1. The van der Waals surface area contributed by atoms with Gasteiger partial charge in [0.1, 0.15) is 0 Å². The van der Waals surface area contributed by atoms with Gasteiger partial charge in [-0.25, -0.2) is 0 Å². The molecule has 152 valence electrons. The lowest BCUT2D eigenvalue weighted by atomic mass is 10.2. The van der Waals surface area contributed by atoms with Gasteiger partial charge in [-0.1, -0.05) is 46.7 Å². The largest absolute Gasteiger partial charge is 0.360 e. The highest BCUT2D eigenvalue weighted by Gasteiger charge is 2.16. The smallest absolute Gasteiger partial charge is 0.228 e. The zero-order valence-electron chi connectivity index (χ0n) is 16.7. The monoisotopic (exact) mass is 410 g/mol. The van der Waals surface area contributed by atoms with Gasteiger partial charge in [0.25, 0.3) is 0 Å². The molecule has 8 nitrogen and oxygen atoms in total. The maximum Gasteiger partial charge on any atom is 0.228 e. The molecule has 1 N–H and O–H groups in total. The molecule has 0 saturated carbocycles. The molecule has 0 fully saturated rings. The molecule has 2 aromatic carbocycles. The molecule has 31 heavy (non-hydrogen) atoms. The van der Waals surface area contributed by atoms with Crippen LogP contribution in [0.3, 0.4) is 0 Å². The maximum absolute atomic E-state index is 5.54. The molecule has 0 unspecified atom stereocenters. The average Bonchev–Trinajstić information content (AvgIpc) is 3.57. The van der Waals surface area contributed by atoms with Crippen molar-refractivity contribution in [1.29, 1.82) is 0 Å². The van der Waals surface area contributed by atoms with Gasteiger partial charge in [-0.05, 0) is 12.1 Å². The Hall–Kier alpha value is -4.20. The van der Waals surface area contributed by atoms with E-state index in [9.17, 15) is 0 Å². The molecule has 0 amide bonds. The fraction of sp³-hybridized carbons (Fsp3) is 0.130. The normalized spacial score (nSPS) is 11.6. The first-order chi connectivity index (χ1) is 15.3. The molecule has 6 rings (SSSR count). The first-order valence-corrected chi connectivity index (χ1v) is 10.0. The Balaban J connectivity index is 1.29. The molecule has 0 atom stereocenters. The van der Waals surface area contributed by atoms with Crippen molar-refractivity contribution in [3.05, 3.63) is 72.7 Å². The second kappa shape index (κ2) is 6.94. The van der Waals surface area contributed by atoms with Crippen molar-refractivity contribution in [2.45, 2.75) is 19.9 Å². The van der Waals surface area contributed by atoms with Gasteiger partial charge in [-0.15, -0.1) is 0 Å². The Morgan fingerprint density at radius 3 is 2.52 bits per heavy atom. The van der Waals surface area contributed by atoms with Gasteiger partial charge in [0.2, 0.25) is 23.4 Å². The summed E-state index contributed by atoms with van der Waals surface area (Å²) in [5.41, 5.74) is 4.02. The summed E-state index contributed by atoms with van der Waals surface area (Å²) in [7, 11) is 0. The molecule has 0 spiro atoms. The van der Waals surface area contributed by atoms with Crippen LogP contribution < -0.4 is 0 Å². The third-order valence-corrected chi connectivity index (χ3v) is 5.42. The minimum absolute atomic E-state index is 0.544. The zero-order valence-corrected chi connectivity index (χ0v) is 16.7. The van der Waals surface area contributed by atoms with Gasteiger partial charge in [0.15, 0.2) is 0 Å². The molecule has 0 aliphatic heterocycles. The summed E-state index contributed by atoms with van der Waals surface area (Å²) < 4.78 is 12.9. The molecular weight excluding hydrogens is 392 g/mol. The minimum Gasteiger partial charge on any atom is -0.360 e. The summed E-state index contributed by atoms with van der Waals surface area (Å²) in [5.74, 6) is 2.32. The lowest BCUT2D eigenvalue weighted by Gasteiger charge is -2.02. The van der Waals surface area contributed by atoms with E-state index >= 15 is 0 Å². The van der Waals surface area contributed by atoms with Crippen LogP contribution >= 0.6 is 0 Å². The second-order valence-electron chi connectivity index (χ2n) is 7.40. The van der Waals surface area contributed by atoms with Crippen LogP contribution in [0.4, 0.5) is 0 Å². The summed E-state index contributed by atoms with van der Waals surface area (Å²) in [5, 5.41) is 10.4. The lowest BCUT2D eigenvalue weighted by Crippen LogP contribution is -2.00. The van der Waals surface area contributed by atoms with Crippen molar-refractivity contribution in [2.75, 3.05) is 0 Å². The van der Waals surface area contributed by atoms with Crippen LogP contribution in [0.1, 0.15) is 11.8 Å². The highest BCUT2D eigenvalue weighted by Crippen LogP contribution is 2.29. The number of nitrogens with one attached hydrogen (secondary N) is 1. The lowest BCUT2D eigenvalue weighted by molar-refractivity contribution is 0.373. The molecule has 0 aliphatic rings. The van der Waals surface area contributed by atoms with E-state index in [-0.39, 0.29) is 0 Å². The van der Waals surface area contributed by atoms with Crippen molar-refractivity contribution >= 4 is 21.8 Å². The number of aromatic nitrogens is 6. The number of aromatic amines is 1. The van der Waals surface area contributed by atoms with E-state index in [0.29, 0.717) is 36.4 Å². The number of benzene rings is 2. The maximum atomic E-state index is 5.54. The predicted molar refractivity (Wildman–Crippen MR) is 115 cm³/mol. The molecular formula is C23H18N6O2. The van der Waals surface area contributed by atoms with Crippen LogP contribution in [0.2, 0.25) is 0 Å². The van der Waals surface area contributed by atoms with Crippen LogP contribution in [0.15, 0.2) is 70.0 Å². The van der Waals surface area contributed by atoms with Crippen molar-refractivity contribution in [3.8, 4) is 22.8 Å². The Morgan fingerprint density at radius 1 is 0.871 bits per heavy atom. The van der Waals surface area contributed by atoms with Gasteiger partial charge < -0.3 is 18.6 Å². The number of para-hydroxylation sites is 2. The molecule has 8 heteroatoms. The summed E-state index contributed by atoms with van der Waals surface area (Å²) in [6.07, 6.45) is 4.57. The fourth-order valence-electron chi connectivity index (χ4n) is 3.96. The highest BCUT2D eigenvalue weighted by atomic mass is 16.5. The van der Waals surface area contributed by atoms with Gasteiger partial charge in [0.05, 0.1) is 0 Å². The Morgan fingerprint density at radius 2 is 1.65 bits per heavy atom. The van der Waals surface area contributed by atoms with Crippen molar-refractivity contribution in [1.82, 2.24) is 29.8 Å². The van der Waals surface area contributed by atoms with E-state index in [0.717, 1.165) is 32.9 Å². The van der Waals surface area contributed by atoms with Crippen molar-refractivity contribution in [2.24, 2.45) is 0 Å². The fourth-order valence-corrected chi connectivity index (χ4v) is 3.96. The minimum atomic E-state index is 0.544. The van der Waals surface area contributed by atoms with E-state index < -0.39 is 0 Å². The standard InChI is InChI=1S/C23H18N6O2/c1-14-25-23(27-30-14)18-13-29(20-9-5-3-7-16(18)20)11-10-21-26-22(28-31-21)17-12-24-19-8-4-2-6-15(17)19/h2-9,12-13,24H,10-11H2,1H3. The zero-order chi connectivity index (χ0) is 20.8. The topological polar surface area (TPSA) is 98.6 Å². The van der Waals surface area contributed by atoms with Crippen molar-refractivity contribution < 1.29 is 9.05 Å². The molecule has 6 aromatic rings. The molecule has 0 bridgehead atoms. The number of fused-ring (bicyclic) bond motifs is 2. The van der Waals surface area contributed by atoms with Crippen LogP contribution in [-0.4, -0.2) is 29.8 Å². The van der Waals surface area contributed by atoms with Gasteiger partial charge >= 0.3 is 0 Å². The van der Waals surface area contributed by atoms with Crippen LogP contribution in [0, 0.1) is 6.92 Å². The van der Waals surface area contributed by atoms with E-state index in [1.165, 1.54) is 0 Å². The number of rotatable bonds is 5. The van der Waals surface area contributed by atoms with E-state index in [1.807, 2.05) is 48.8 Å². The first-order valence-electron chi connectivity index (χ1n) is 10.0. The molecule has 0 aliphatic carbocycles. The number of aryl methyl sites for hydroxylation is 3. The average molecular weight is 410 g/mol.